The molecule has 1 aliphatic rings. The van der Waals surface area contributed by atoms with Gasteiger partial charge in [0.05, 0.1) is 12.7 Å². The molecule has 2 N–H and O–H groups in total. The largest absolute Gasteiger partial charge is 0.494 e. The number of likely N-dealkylation sites (tertiary alicyclic amines) is 1. The van der Waals surface area contributed by atoms with E-state index in [9.17, 15) is 9.90 Å². The molecule has 0 spiro atoms. The molecule has 1 aliphatic heterocycles. The summed E-state index contributed by atoms with van der Waals surface area (Å²) in [5.41, 5.74) is 0.728. The minimum Gasteiger partial charge on any atom is -0.494 e. The number of piperidine rings is 1. The first-order valence-electron chi connectivity index (χ1n) is 7.07. The summed E-state index contributed by atoms with van der Waals surface area (Å²) in [5.74, 6) is 1.04. The Morgan fingerprint density at radius 1 is 1.45 bits per heavy atom. The van der Waals surface area contributed by atoms with Crippen molar-refractivity contribution < 1.29 is 14.6 Å². The molecule has 1 saturated heterocycles. The van der Waals surface area contributed by atoms with Crippen LogP contribution in [0.2, 0.25) is 0 Å². The summed E-state index contributed by atoms with van der Waals surface area (Å²) in [5, 5.41) is 12.7. The van der Waals surface area contributed by atoms with Crippen LogP contribution >= 0.6 is 0 Å². The number of hydrogen-bond acceptors (Lipinski definition) is 3. The maximum atomic E-state index is 12.1. The fourth-order valence-electron chi connectivity index (χ4n) is 2.24. The van der Waals surface area contributed by atoms with Crippen molar-refractivity contribution in [1.29, 1.82) is 0 Å². The van der Waals surface area contributed by atoms with Gasteiger partial charge in [-0.3, -0.25) is 0 Å². The second-order valence-electron chi connectivity index (χ2n) is 5.17. The molecule has 0 bridgehead atoms. The number of urea groups is 1. The van der Waals surface area contributed by atoms with Gasteiger partial charge in [0.25, 0.3) is 0 Å². The normalized spacial score (nSPS) is 22.4. The molecule has 1 heterocycles. The molecule has 20 heavy (non-hydrogen) atoms. The maximum absolute atomic E-state index is 12.1. The number of anilines is 1. The fraction of sp³-hybridized carbons (Fsp3) is 0.533. The van der Waals surface area contributed by atoms with Gasteiger partial charge < -0.3 is 20.1 Å². The van der Waals surface area contributed by atoms with Gasteiger partial charge in [0.2, 0.25) is 0 Å². The van der Waals surface area contributed by atoms with Crippen LogP contribution in [0, 0.1) is 5.92 Å². The molecule has 2 atom stereocenters. The van der Waals surface area contributed by atoms with Crippen molar-refractivity contribution in [2.75, 3.05) is 25.0 Å². The van der Waals surface area contributed by atoms with E-state index in [0.29, 0.717) is 19.7 Å². The standard InChI is InChI=1S/C15H22N2O3/c1-3-20-13-6-4-12(5-7-13)16-15(19)17-9-8-11(2)14(18)10-17/h4-7,11,14,18H,3,8-10H2,1-2H3,(H,16,19). The third kappa shape index (κ3) is 3.63. The van der Waals surface area contributed by atoms with Crippen LogP contribution in [0.1, 0.15) is 20.3 Å². The van der Waals surface area contributed by atoms with Crippen LogP contribution in [0.3, 0.4) is 0 Å². The zero-order valence-corrected chi connectivity index (χ0v) is 12.0. The van der Waals surface area contributed by atoms with Gasteiger partial charge in [-0.05, 0) is 43.5 Å². The van der Waals surface area contributed by atoms with Crippen LogP contribution < -0.4 is 10.1 Å². The molecule has 0 aliphatic carbocycles. The van der Waals surface area contributed by atoms with Gasteiger partial charge in [0.15, 0.2) is 0 Å². The van der Waals surface area contributed by atoms with Crippen LogP contribution in [-0.2, 0) is 0 Å². The SMILES string of the molecule is CCOc1ccc(NC(=O)N2CCC(C)C(O)C2)cc1. The Labute approximate surface area is 119 Å². The molecule has 5 nitrogen and oxygen atoms in total. The first-order valence-corrected chi connectivity index (χ1v) is 7.07. The fourth-order valence-corrected chi connectivity index (χ4v) is 2.24. The van der Waals surface area contributed by atoms with Gasteiger partial charge in [0.1, 0.15) is 5.75 Å². The highest BCUT2D eigenvalue weighted by Gasteiger charge is 2.27. The molecule has 0 aromatic heterocycles. The van der Waals surface area contributed by atoms with Gasteiger partial charge >= 0.3 is 6.03 Å². The van der Waals surface area contributed by atoms with E-state index in [-0.39, 0.29) is 11.9 Å². The Kier molecular flexibility index (Phi) is 4.84. The van der Waals surface area contributed by atoms with E-state index in [4.69, 9.17) is 4.74 Å². The lowest BCUT2D eigenvalue weighted by molar-refractivity contribution is 0.0464. The summed E-state index contributed by atoms with van der Waals surface area (Å²) in [6.07, 6.45) is 0.396. The third-order valence-electron chi connectivity index (χ3n) is 3.62. The first kappa shape index (κ1) is 14.7. The molecule has 0 radical (unpaired) electrons. The quantitative estimate of drug-likeness (QED) is 0.892. The van der Waals surface area contributed by atoms with Crippen LogP contribution in [0.15, 0.2) is 24.3 Å². The van der Waals surface area contributed by atoms with Crippen LogP contribution in [0.5, 0.6) is 5.75 Å². The van der Waals surface area contributed by atoms with Crippen molar-refractivity contribution >= 4 is 11.7 Å². The summed E-state index contributed by atoms with van der Waals surface area (Å²) in [6, 6.07) is 7.11. The van der Waals surface area contributed by atoms with Crippen molar-refractivity contribution in [3.8, 4) is 5.75 Å². The van der Waals surface area contributed by atoms with Gasteiger partial charge in [-0.15, -0.1) is 0 Å². The highest BCUT2D eigenvalue weighted by molar-refractivity contribution is 5.89. The number of carbonyl (C=O) groups excluding carboxylic acids is 1. The molecule has 1 fully saturated rings. The number of β-amino-alcohol motifs (C(OH)–C–C–N with tert-alkyl or cyclic N) is 1. The molecule has 2 rings (SSSR count). The average Bonchev–Trinajstić information content (AvgIpc) is 2.44. The van der Waals surface area contributed by atoms with E-state index in [0.717, 1.165) is 17.9 Å². The van der Waals surface area contributed by atoms with Crippen molar-refractivity contribution in [2.45, 2.75) is 26.4 Å². The number of nitrogens with zero attached hydrogens (tertiary/aromatic N) is 1. The highest BCUT2D eigenvalue weighted by Crippen LogP contribution is 2.19. The number of rotatable bonds is 3. The Hall–Kier alpha value is -1.75. The lowest BCUT2D eigenvalue weighted by atomic mass is 9.96. The molecule has 2 unspecified atom stereocenters. The van der Waals surface area contributed by atoms with Gasteiger partial charge in [0, 0.05) is 18.8 Å². The smallest absolute Gasteiger partial charge is 0.321 e. The molecule has 0 saturated carbocycles. The number of hydrogen-bond donors (Lipinski definition) is 2. The molecular formula is C15H22N2O3. The number of aliphatic hydroxyl groups excluding tert-OH is 1. The van der Waals surface area contributed by atoms with Gasteiger partial charge in [-0.1, -0.05) is 6.92 Å². The van der Waals surface area contributed by atoms with Crippen LogP contribution in [0.25, 0.3) is 0 Å². The van der Waals surface area contributed by atoms with E-state index < -0.39 is 6.10 Å². The summed E-state index contributed by atoms with van der Waals surface area (Å²) in [4.78, 5) is 13.8. The number of nitrogens with one attached hydrogen (secondary N) is 1. The highest BCUT2D eigenvalue weighted by atomic mass is 16.5. The Bertz CT molecular complexity index is 447. The van der Waals surface area contributed by atoms with Crippen molar-refractivity contribution in [2.24, 2.45) is 5.92 Å². The number of carbonyl (C=O) groups is 1. The number of amides is 2. The molecule has 5 heteroatoms. The molecule has 2 amide bonds. The average molecular weight is 278 g/mol. The van der Waals surface area contributed by atoms with E-state index in [1.165, 1.54) is 0 Å². The second kappa shape index (κ2) is 6.61. The topological polar surface area (TPSA) is 61.8 Å². The summed E-state index contributed by atoms with van der Waals surface area (Å²) in [7, 11) is 0. The number of benzene rings is 1. The van der Waals surface area contributed by atoms with E-state index in [1.54, 1.807) is 4.90 Å². The van der Waals surface area contributed by atoms with Crippen molar-refractivity contribution in [3.63, 3.8) is 0 Å². The predicted molar refractivity (Wildman–Crippen MR) is 78.0 cm³/mol. The van der Waals surface area contributed by atoms with E-state index in [2.05, 4.69) is 5.32 Å². The van der Waals surface area contributed by atoms with Gasteiger partial charge in [-0.2, -0.15) is 0 Å². The zero-order chi connectivity index (χ0) is 14.5. The monoisotopic (exact) mass is 278 g/mol. The minimum atomic E-state index is -0.435. The lowest BCUT2D eigenvalue weighted by Crippen LogP contribution is -2.47. The summed E-state index contributed by atoms with van der Waals surface area (Å²) < 4.78 is 5.35. The minimum absolute atomic E-state index is 0.167. The van der Waals surface area contributed by atoms with Crippen LogP contribution in [0.4, 0.5) is 10.5 Å². The Morgan fingerprint density at radius 2 is 2.15 bits per heavy atom. The second-order valence-corrected chi connectivity index (χ2v) is 5.17. The third-order valence-corrected chi connectivity index (χ3v) is 3.62. The zero-order valence-electron chi connectivity index (χ0n) is 12.0. The predicted octanol–water partition coefficient (Wildman–Crippen LogP) is 2.32. The maximum Gasteiger partial charge on any atom is 0.321 e. The van der Waals surface area contributed by atoms with E-state index >= 15 is 0 Å². The Morgan fingerprint density at radius 3 is 2.75 bits per heavy atom. The summed E-state index contributed by atoms with van der Waals surface area (Å²) >= 11 is 0. The van der Waals surface area contributed by atoms with E-state index in [1.807, 2.05) is 38.1 Å². The molecular weight excluding hydrogens is 256 g/mol. The number of aliphatic hydroxyl groups is 1. The Balaban J connectivity index is 1.90. The number of ether oxygens (including phenoxy) is 1. The summed E-state index contributed by atoms with van der Waals surface area (Å²) in [6.45, 7) is 5.63. The first-order chi connectivity index (χ1) is 9.60. The van der Waals surface area contributed by atoms with Crippen molar-refractivity contribution in [1.82, 2.24) is 4.90 Å². The van der Waals surface area contributed by atoms with Crippen LogP contribution in [-0.4, -0.2) is 41.8 Å². The molecule has 110 valence electrons. The lowest BCUT2D eigenvalue weighted by Gasteiger charge is -2.34. The van der Waals surface area contributed by atoms with Gasteiger partial charge in [-0.25, -0.2) is 4.79 Å². The molecule has 1 aromatic carbocycles. The van der Waals surface area contributed by atoms with Crippen molar-refractivity contribution in [3.05, 3.63) is 24.3 Å². The molecule has 1 aromatic rings.